The first-order valence-corrected chi connectivity index (χ1v) is 10.2. The monoisotopic (exact) mass is 402 g/mol. The minimum atomic E-state index is -0.0382. The molecule has 0 radical (unpaired) electrons. The van der Waals surface area contributed by atoms with Gasteiger partial charge in [-0.2, -0.15) is 0 Å². The summed E-state index contributed by atoms with van der Waals surface area (Å²) in [5, 5.41) is 13.5. The van der Waals surface area contributed by atoms with Crippen LogP contribution in [0, 0.1) is 0 Å². The maximum atomic E-state index is 6.13. The molecule has 1 aromatic carbocycles. The standard InChI is InChI=1S/C22H22N6O2/c1-2-6-16-15(5-1)14(9-24-16)10-25-19-12-29-22-20(13-30-21(19)22)28-11-18(26-27-28)17-7-3-4-8-23-17/h1-9,11,19-22,24-25H,10,12-13H2/t19-,20-,21+,22+/m0/s1. The van der Waals surface area contributed by atoms with Crippen molar-refractivity contribution in [1.29, 1.82) is 0 Å². The number of nitrogens with one attached hydrogen (secondary N) is 2. The van der Waals surface area contributed by atoms with Crippen molar-refractivity contribution >= 4 is 10.9 Å². The minimum absolute atomic E-state index is 0.00251. The normalized spacial score (nSPS) is 25.7. The molecular weight excluding hydrogens is 380 g/mol. The zero-order valence-electron chi connectivity index (χ0n) is 16.3. The lowest BCUT2D eigenvalue weighted by atomic mass is 10.1. The van der Waals surface area contributed by atoms with Crippen molar-refractivity contribution in [2.45, 2.75) is 30.8 Å². The molecule has 0 amide bonds. The Kier molecular flexibility index (Phi) is 4.33. The van der Waals surface area contributed by atoms with E-state index in [-0.39, 0.29) is 24.3 Å². The van der Waals surface area contributed by atoms with Gasteiger partial charge in [0, 0.05) is 29.8 Å². The van der Waals surface area contributed by atoms with Crippen LogP contribution < -0.4 is 5.32 Å². The first-order valence-electron chi connectivity index (χ1n) is 10.2. The summed E-state index contributed by atoms with van der Waals surface area (Å²) in [5.74, 6) is 0. The third-order valence-corrected chi connectivity index (χ3v) is 6.03. The third-order valence-electron chi connectivity index (χ3n) is 6.03. The van der Waals surface area contributed by atoms with Gasteiger partial charge < -0.3 is 19.8 Å². The number of para-hydroxylation sites is 1. The number of H-pyrrole nitrogens is 1. The Labute approximate surface area is 173 Å². The molecule has 2 N–H and O–H groups in total. The van der Waals surface area contributed by atoms with Crippen molar-refractivity contribution in [3.8, 4) is 11.4 Å². The fourth-order valence-electron chi connectivity index (χ4n) is 4.47. The quantitative estimate of drug-likeness (QED) is 0.533. The van der Waals surface area contributed by atoms with Gasteiger partial charge in [0.1, 0.15) is 23.9 Å². The van der Waals surface area contributed by atoms with Crippen LogP contribution in [-0.4, -0.2) is 56.4 Å². The van der Waals surface area contributed by atoms with E-state index in [9.17, 15) is 0 Å². The van der Waals surface area contributed by atoms with Crippen molar-refractivity contribution in [3.63, 3.8) is 0 Å². The summed E-state index contributed by atoms with van der Waals surface area (Å²) in [6.07, 6.45) is 5.71. The summed E-state index contributed by atoms with van der Waals surface area (Å²) in [4.78, 5) is 7.67. The number of hydrogen-bond donors (Lipinski definition) is 2. The van der Waals surface area contributed by atoms with Crippen LogP contribution >= 0.6 is 0 Å². The summed E-state index contributed by atoms with van der Waals surface area (Å²) in [5.41, 5.74) is 3.97. The molecule has 3 aromatic heterocycles. The molecule has 152 valence electrons. The summed E-state index contributed by atoms with van der Waals surface area (Å²) in [6.45, 7) is 1.95. The van der Waals surface area contributed by atoms with Crippen LogP contribution in [0.5, 0.6) is 0 Å². The lowest BCUT2D eigenvalue weighted by Gasteiger charge is -2.17. The third kappa shape index (κ3) is 3.00. The summed E-state index contributed by atoms with van der Waals surface area (Å²) in [6, 6.07) is 14.3. The second-order valence-corrected chi connectivity index (χ2v) is 7.81. The summed E-state index contributed by atoms with van der Waals surface area (Å²) < 4.78 is 14.1. The van der Waals surface area contributed by atoms with E-state index >= 15 is 0 Å². The number of fused-ring (bicyclic) bond motifs is 2. The predicted molar refractivity (Wildman–Crippen MR) is 111 cm³/mol. The van der Waals surface area contributed by atoms with Gasteiger partial charge >= 0.3 is 0 Å². The molecule has 8 nitrogen and oxygen atoms in total. The molecule has 0 bridgehead atoms. The molecule has 2 aliphatic rings. The molecule has 30 heavy (non-hydrogen) atoms. The smallest absolute Gasteiger partial charge is 0.131 e. The van der Waals surface area contributed by atoms with Gasteiger partial charge in [0.2, 0.25) is 0 Å². The molecule has 6 rings (SSSR count). The summed E-state index contributed by atoms with van der Waals surface area (Å²) in [7, 11) is 0. The van der Waals surface area contributed by atoms with Crippen molar-refractivity contribution in [1.82, 2.24) is 30.3 Å². The summed E-state index contributed by atoms with van der Waals surface area (Å²) >= 11 is 0. The number of hydrogen-bond acceptors (Lipinski definition) is 6. The van der Waals surface area contributed by atoms with E-state index in [1.807, 2.05) is 35.1 Å². The lowest BCUT2D eigenvalue weighted by Crippen LogP contribution is -2.40. The van der Waals surface area contributed by atoms with Gasteiger partial charge in [-0.05, 0) is 23.8 Å². The van der Waals surface area contributed by atoms with Gasteiger partial charge in [-0.15, -0.1) is 5.10 Å². The van der Waals surface area contributed by atoms with E-state index in [1.54, 1.807) is 6.20 Å². The SMILES string of the molecule is c1ccc(-c2cn([C@H]3CO[C@H]4[C@@H]3OC[C@@H]4NCc3c[nH]c4ccccc34)nn2)nc1. The van der Waals surface area contributed by atoms with Gasteiger partial charge in [0.25, 0.3) is 0 Å². The van der Waals surface area contributed by atoms with Crippen LogP contribution in [0.4, 0.5) is 0 Å². The van der Waals surface area contributed by atoms with Gasteiger partial charge in [0.05, 0.1) is 31.1 Å². The van der Waals surface area contributed by atoms with Crippen LogP contribution in [0.15, 0.2) is 61.1 Å². The molecule has 0 aliphatic carbocycles. The second-order valence-electron chi connectivity index (χ2n) is 7.81. The Hall–Kier alpha value is -3.07. The Morgan fingerprint density at radius 3 is 2.87 bits per heavy atom. The predicted octanol–water partition coefficient (Wildman–Crippen LogP) is 2.32. The van der Waals surface area contributed by atoms with Crippen molar-refractivity contribution in [3.05, 3.63) is 66.6 Å². The molecule has 8 heteroatoms. The molecule has 2 saturated heterocycles. The average Bonchev–Trinajstić information content (AvgIpc) is 3.56. The number of aromatic nitrogens is 5. The number of nitrogens with zero attached hydrogens (tertiary/aromatic N) is 4. The zero-order chi connectivity index (χ0) is 19.9. The number of pyridine rings is 1. The van der Waals surface area contributed by atoms with Crippen LogP contribution in [-0.2, 0) is 16.0 Å². The van der Waals surface area contributed by atoms with E-state index in [0.717, 1.165) is 23.4 Å². The molecule has 2 aliphatic heterocycles. The topological polar surface area (TPSA) is 89.9 Å². The van der Waals surface area contributed by atoms with Gasteiger partial charge in [-0.3, -0.25) is 4.98 Å². The molecule has 0 saturated carbocycles. The van der Waals surface area contributed by atoms with Crippen molar-refractivity contribution in [2.24, 2.45) is 0 Å². The van der Waals surface area contributed by atoms with Crippen molar-refractivity contribution < 1.29 is 9.47 Å². The average molecular weight is 402 g/mol. The Morgan fingerprint density at radius 2 is 1.93 bits per heavy atom. The highest BCUT2D eigenvalue weighted by Gasteiger charge is 2.48. The first-order chi connectivity index (χ1) is 14.9. The highest BCUT2D eigenvalue weighted by molar-refractivity contribution is 5.82. The van der Waals surface area contributed by atoms with E-state index in [0.29, 0.717) is 13.2 Å². The van der Waals surface area contributed by atoms with E-state index in [2.05, 4.69) is 50.0 Å². The molecule has 4 atom stereocenters. The molecule has 4 aromatic rings. The molecule has 2 fully saturated rings. The first kappa shape index (κ1) is 17.8. The zero-order valence-corrected chi connectivity index (χ0v) is 16.3. The van der Waals surface area contributed by atoms with Crippen LogP contribution in [0.1, 0.15) is 11.6 Å². The largest absolute Gasteiger partial charge is 0.371 e. The number of aromatic amines is 1. The Morgan fingerprint density at radius 1 is 1.03 bits per heavy atom. The van der Waals surface area contributed by atoms with Crippen LogP contribution in [0.3, 0.4) is 0 Å². The van der Waals surface area contributed by atoms with E-state index < -0.39 is 0 Å². The van der Waals surface area contributed by atoms with Crippen molar-refractivity contribution in [2.75, 3.05) is 13.2 Å². The molecule has 5 heterocycles. The van der Waals surface area contributed by atoms with Crippen LogP contribution in [0.2, 0.25) is 0 Å². The van der Waals surface area contributed by atoms with Crippen LogP contribution in [0.25, 0.3) is 22.3 Å². The highest BCUT2D eigenvalue weighted by Crippen LogP contribution is 2.34. The van der Waals surface area contributed by atoms with Gasteiger partial charge in [-0.1, -0.05) is 29.5 Å². The number of benzene rings is 1. The van der Waals surface area contributed by atoms with Gasteiger partial charge in [0.15, 0.2) is 0 Å². The van der Waals surface area contributed by atoms with E-state index in [4.69, 9.17) is 9.47 Å². The lowest BCUT2D eigenvalue weighted by molar-refractivity contribution is 0.0620. The maximum Gasteiger partial charge on any atom is 0.131 e. The fourth-order valence-corrected chi connectivity index (χ4v) is 4.47. The number of ether oxygens (including phenoxy) is 2. The van der Waals surface area contributed by atoms with E-state index in [1.165, 1.54) is 10.9 Å². The molecule has 0 spiro atoms. The molecule has 0 unspecified atom stereocenters. The second kappa shape index (κ2) is 7.32. The Bertz CT molecular complexity index is 1160. The highest BCUT2D eigenvalue weighted by atomic mass is 16.6. The minimum Gasteiger partial charge on any atom is -0.371 e. The molecular formula is C22H22N6O2. The maximum absolute atomic E-state index is 6.13. The number of rotatable bonds is 5. The van der Waals surface area contributed by atoms with Gasteiger partial charge in [-0.25, -0.2) is 4.68 Å². The Balaban J connectivity index is 1.14. The fraction of sp³-hybridized carbons (Fsp3) is 0.318.